The fraction of sp³-hybridized carbons (Fsp3) is 1.00. The molecule has 106 valence electrons. The van der Waals surface area contributed by atoms with Crippen LogP contribution in [0.5, 0.6) is 0 Å². The minimum absolute atomic E-state index is 0.727. The second kappa shape index (κ2) is 6.36. The van der Waals surface area contributed by atoms with Crippen molar-refractivity contribution in [1.82, 2.24) is 14.7 Å². The van der Waals surface area contributed by atoms with E-state index in [1.165, 1.54) is 52.1 Å². The quantitative estimate of drug-likeness (QED) is 0.758. The van der Waals surface area contributed by atoms with Crippen molar-refractivity contribution in [2.24, 2.45) is 5.92 Å². The highest BCUT2D eigenvalue weighted by atomic mass is 15.3. The molecule has 0 aromatic carbocycles. The molecule has 0 aliphatic carbocycles. The van der Waals surface area contributed by atoms with Gasteiger partial charge in [-0.3, -0.25) is 4.90 Å². The summed E-state index contributed by atoms with van der Waals surface area (Å²) in [5.74, 6) is 0.920. The van der Waals surface area contributed by atoms with Gasteiger partial charge >= 0.3 is 0 Å². The molecular weight excluding hydrogens is 222 g/mol. The third-order valence-corrected chi connectivity index (χ3v) is 5.10. The predicted octanol–water partition coefficient (Wildman–Crippen LogP) is 1.74. The lowest BCUT2D eigenvalue weighted by molar-refractivity contribution is 0.0548. The summed E-state index contributed by atoms with van der Waals surface area (Å²) in [7, 11) is 2.24. The molecule has 0 saturated carbocycles. The normalized spacial score (nSPS) is 27.8. The second-order valence-electron chi connectivity index (χ2n) is 6.55. The molecule has 2 heterocycles. The molecule has 18 heavy (non-hydrogen) atoms. The van der Waals surface area contributed by atoms with Crippen LogP contribution in [-0.2, 0) is 0 Å². The summed E-state index contributed by atoms with van der Waals surface area (Å²) in [6.45, 7) is 14.7. The van der Waals surface area contributed by atoms with E-state index in [-0.39, 0.29) is 0 Å². The zero-order valence-corrected chi connectivity index (χ0v) is 12.7. The maximum absolute atomic E-state index is 2.72. The van der Waals surface area contributed by atoms with Crippen molar-refractivity contribution in [1.29, 1.82) is 0 Å². The van der Waals surface area contributed by atoms with Gasteiger partial charge in [-0.1, -0.05) is 0 Å². The van der Waals surface area contributed by atoms with E-state index in [4.69, 9.17) is 0 Å². The minimum Gasteiger partial charge on any atom is -0.304 e. The molecule has 0 radical (unpaired) electrons. The zero-order chi connectivity index (χ0) is 13.1. The van der Waals surface area contributed by atoms with Crippen LogP contribution in [0.1, 0.15) is 33.6 Å². The first-order chi connectivity index (χ1) is 8.58. The van der Waals surface area contributed by atoms with Gasteiger partial charge in [0, 0.05) is 38.3 Å². The summed E-state index contributed by atoms with van der Waals surface area (Å²) >= 11 is 0. The highest BCUT2D eigenvalue weighted by Crippen LogP contribution is 2.25. The van der Waals surface area contributed by atoms with E-state index in [2.05, 4.69) is 42.5 Å². The topological polar surface area (TPSA) is 9.72 Å². The van der Waals surface area contributed by atoms with Crippen LogP contribution in [0.25, 0.3) is 0 Å². The average Bonchev–Trinajstić information content (AvgIpc) is 2.39. The van der Waals surface area contributed by atoms with Gasteiger partial charge in [0.1, 0.15) is 0 Å². The second-order valence-corrected chi connectivity index (χ2v) is 6.55. The Morgan fingerprint density at radius 2 is 1.33 bits per heavy atom. The maximum atomic E-state index is 2.72. The Balaban J connectivity index is 1.78. The molecule has 2 fully saturated rings. The molecule has 2 aliphatic rings. The summed E-state index contributed by atoms with van der Waals surface area (Å²) in [4.78, 5) is 7.80. The Hall–Kier alpha value is -0.120. The van der Waals surface area contributed by atoms with E-state index < -0.39 is 0 Å². The third kappa shape index (κ3) is 3.46. The van der Waals surface area contributed by atoms with Crippen LogP contribution in [0.3, 0.4) is 0 Å². The van der Waals surface area contributed by atoms with E-state index >= 15 is 0 Å². The highest BCUT2D eigenvalue weighted by molar-refractivity contribution is 4.84. The van der Waals surface area contributed by atoms with Crippen molar-refractivity contribution < 1.29 is 0 Å². The molecule has 1 atom stereocenters. The molecule has 2 saturated heterocycles. The van der Waals surface area contributed by atoms with Crippen LogP contribution >= 0.6 is 0 Å². The monoisotopic (exact) mass is 253 g/mol. The molecule has 0 amide bonds. The van der Waals surface area contributed by atoms with E-state index in [0.717, 1.165) is 18.0 Å². The van der Waals surface area contributed by atoms with Crippen molar-refractivity contribution >= 4 is 0 Å². The van der Waals surface area contributed by atoms with Gasteiger partial charge in [0.15, 0.2) is 0 Å². The smallest absolute Gasteiger partial charge is 0.0113 e. The van der Waals surface area contributed by atoms with Gasteiger partial charge in [-0.05, 0) is 59.7 Å². The van der Waals surface area contributed by atoms with E-state index in [1.54, 1.807) is 0 Å². The molecule has 1 unspecified atom stereocenters. The number of hydrogen-bond donors (Lipinski definition) is 0. The highest BCUT2D eigenvalue weighted by Gasteiger charge is 2.29. The van der Waals surface area contributed by atoms with Crippen molar-refractivity contribution in [2.75, 3.05) is 46.3 Å². The lowest BCUT2D eigenvalue weighted by Gasteiger charge is -2.43. The van der Waals surface area contributed by atoms with E-state index in [9.17, 15) is 0 Å². The summed E-state index contributed by atoms with van der Waals surface area (Å²) < 4.78 is 0. The van der Waals surface area contributed by atoms with E-state index in [1.807, 2.05) is 0 Å². The predicted molar refractivity (Wildman–Crippen MR) is 78.0 cm³/mol. The molecule has 0 spiro atoms. The van der Waals surface area contributed by atoms with Gasteiger partial charge in [-0.15, -0.1) is 0 Å². The molecule has 0 aromatic heterocycles. The first kappa shape index (κ1) is 14.3. The third-order valence-electron chi connectivity index (χ3n) is 5.10. The number of hydrogen-bond acceptors (Lipinski definition) is 3. The Morgan fingerprint density at radius 3 is 1.83 bits per heavy atom. The van der Waals surface area contributed by atoms with Gasteiger partial charge in [-0.25, -0.2) is 0 Å². The molecule has 2 aliphatic heterocycles. The van der Waals surface area contributed by atoms with Gasteiger partial charge in [0.25, 0.3) is 0 Å². The van der Waals surface area contributed by atoms with Gasteiger partial charge < -0.3 is 9.80 Å². The Bertz CT molecular complexity index is 238. The summed E-state index contributed by atoms with van der Waals surface area (Å²) in [5, 5.41) is 0. The van der Waals surface area contributed by atoms with Crippen molar-refractivity contribution in [2.45, 2.75) is 45.7 Å². The fourth-order valence-corrected chi connectivity index (χ4v) is 3.45. The Kier molecular flexibility index (Phi) is 5.05. The fourth-order valence-electron chi connectivity index (χ4n) is 3.45. The van der Waals surface area contributed by atoms with Crippen molar-refractivity contribution in [3.05, 3.63) is 0 Å². The van der Waals surface area contributed by atoms with Crippen LogP contribution in [-0.4, -0.2) is 73.1 Å². The largest absolute Gasteiger partial charge is 0.304 e. The van der Waals surface area contributed by atoms with Gasteiger partial charge in [0.2, 0.25) is 0 Å². The molecule has 0 aromatic rings. The molecular formula is C15H31N3. The van der Waals surface area contributed by atoms with Crippen molar-refractivity contribution in [3.63, 3.8) is 0 Å². The van der Waals surface area contributed by atoms with E-state index in [0.29, 0.717) is 0 Å². The lowest BCUT2D eigenvalue weighted by Crippen LogP contribution is -2.52. The van der Waals surface area contributed by atoms with Crippen LogP contribution < -0.4 is 0 Å². The van der Waals surface area contributed by atoms with Crippen LogP contribution in [0.2, 0.25) is 0 Å². The summed E-state index contributed by atoms with van der Waals surface area (Å²) in [5.41, 5.74) is 0. The number of piperidine rings is 1. The first-order valence-electron chi connectivity index (χ1n) is 7.74. The SMILES string of the molecule is CC(C)N1CCC(C(C)N2CCN(C)CC2)CC1. The van der Waals surface area contributed by atoms with Crippen LogP contribution in [0.15, 0.2) is 0 Å². The first-order valence-corrected chi connectivity index (χ1v) is 7.74. The maximum Gasteiger partial charge on any atom is 0.0113 e. The average molecular weight is 253 g/mol. The standard InChI is InChI=1S/C15H31N3/c1-13(2)17-7-5-15(6-8-17)14(3)18-11-9-16(4)10-12-18/h13-15H,5-12H2,1-4H3. The van der Waals surface area contributed by atoms with Gasteiger partial charge in [0.05, 0.1) is 0 Å². The number of likely N-dealkylation sites (tertiary alicyclic amines) is 1. The number of piperazine rings is 1. The lowest BCUT2D eigenvalue weighted by atomic mass is 9.88. The molecule has 3 heteroatoms. The molecule has 3 nitrogen and oxygen atoms in total. The molecule has 2 rings (SSSR count). The number of rotatable bonds is 3. The van der Waals surface area contributed by atoms with Crippen molar-refractivity contribution in [3.8, 4) is 0 Å². The zero-order valence-electron chi connectivity index (χ0n) is 12.7. The summed E-state index contributed by atoms with van der Waals surface area (Å²) in [6.07, 6.45) is 2.79. The summed E-state index contributed by atoms with van der Waals surface area (Å²) in [6, 6.07) is 1.51. The Labute approximate surface area is 113 Å². The van der Waals surface area contributed by atoms with Crippen LogP contribution in [0.4, 0.5) is 0 Å². The Morgan fingerprint density at radius 1 is 0.778 bits per heavy atom. The van der Waals surface area contributed by atoms with Crippen LogP contribution in [0, 0.1) is 5.92 Å². The number of likely N-dealkylation sites (N-methyl/N-ethyl adjacent to an activating group) is 1. The minimum atomic E-state index is 0.727. The molecule has 0 bridgehead atoms. The number of nitrogens with zero attached hydrogens (tertiary/aromatic N) is 3. The van der Waals surface area contributed by atoms with Gasteiger partial charge in [-0.2, -0.15) is 0 Å². The molecule has 0 N–H and O–H groups in total.